The molecule has 4 rings (SSSR count). The van der Waals surface area contributed by atoms with Gasteiger partial charge in [0.25, 0.3) is 5.91 Å². The van der Waals surface area contributed by atoms with Gasteiger partial charge < -0.3 is 0 Å². The van der Waals surface area contributed by atoms with E-state index in [0.29, 0.717) is 4.32 Å². The molecule has 0 radical (unpaired) electrons. The largest absolute Gasteiger partial charge is 0.271 e. The fourth-order valence-corrected chi connectivity index (χ4v) is 4.86. The van der Waals surface area contributed by atoms with Crippen molar-refractivity contribution < 1.29 is 4.79 Å². The van der Waals surface area contributed by atoms with E-state index in [1.54, 1.807) is 4.90 Å². The van der Waals surface area contributed by atoms with Crippen LogP contribution in [0.5, 0.6) is 0 Å². The molecule has 0 N–H and O–H groups in total. The Bertz CT molecular complexity index is 1080. The van der Waals surface area contributed by atoms with Gasteiger partial charge in [-0.15, -0.1) is 0 Å². The van der Waals surface area contributed by atoms with E-state index < -0.39 is 0 Å². The maximum Gasteiger partial charge on any atom is 0.271 e. The van der Waals surface area contributed by atoms with Crippen molar-refractivity contribution >= 4 is 56.2 Å². The van der Waals surface area contributed by atoms with Crippen molar-refractivity contribution in [2.45, 2.75) is 20.3 Å². The standard InChI is InChI=1S/C23H19NOS2/c1-3-18(17-13-11-15(2)12-14-17)21-22(25)24(23(26)27-21)20-10-6-8-16-7-4-5-9-19(16)20/h4-14H,3H2,1-2H3/b21-18-. The lowest BCUT2D eigenvalue weighted by atomic mass is 10.0. The molecule has 0 saturated carbocycles. The predicted octanol–water partition coefficient (Wildman–Crippen LogP) is 6.33. The molecular formula is C23H19NOS2. The molecule has 134 valence electrons. The third kappa shape index (κ3) is 3.20. The summed E-state index contributed by atoms with van der Waals surface area (Å²) in [5.74, 6) is -0.0289. The van der Waals surface area contributed by atoms with Gasteiger partial charge in [-0.25, -0.2) is 0 Å². The van der Waals surface area contributed by atoms with E-state index in [1.165, 1.54) is 17.3 Å². The van der Waals surface area contributed by atoms with Crippen LogP contribution in [0.2, 0.25) is 0 Å². The fraction of sp³-hybridized carbons (Fsp3) is 0.130. The summed E-state index contributed by atoms with van der Waals surface area (Å²) in [6.07, 6.45) is 0.781. The lowest BCUT2D eigenvalue weighted by Gasteiger charge is -2.17. The van der Waals surface area contributed by atoms with E-state index in [0.717, 1.165) is 38.9 Å². The Balaban J connectivity index is 1.83. The molecule has 1 aliphatic heterocycles. The Morgan fingerprint density at radius 1 is 1.00 bits per heavy atom. The molecule has 1 aliphatic rings. The van der Waals surface area contributed by atoms with Crippen molar-refractivity contribution in [1.82, 2.24) is 0 Å². The zero-order valence-corrected chi connectivity index (χ0v) is 16.9. The van der Waals surface area contributed by atoms with Gasteiger partial charge in [-0.2, -0.15) is 0 Å². The first-order valence-corrected chi connectivity index (χ1v) is 10.2. The zero-order valence-electron chi connectivity index (χ0n) is 15.2. The maximum atomic E-state index is 13.4. The summed E-state index contributed by atoms with van der Waals surface area (Å²) in [5, 5.41) is 2.13. The monoisotopic (exact) mass is 389 g/mol. The molecule has 0 unspecified atom stereocenters. The van der Waals surface area contributed by atoms with Gasteiger partial charge in [0.15, 0.2) is 4.32 Å². The van der Waals surface area contributed by atoms with Gasteiger partial charge in [-0.1, -0.05) is 97.1 Å². The lowest BCUT2D eigenvalue weighted by molar-refractivity contribution is -0.113. The minimum atomic E-state index is -0.0289. The number of benzene rings is 3. The normalized spacial score (nSPS) is 16.3. The van der Waals surface area contributed by atoms with E-state index in [1.807, 2.05) is 30.3 Å². The lowest BCUT2D eigenvalue weighted by Crippen LogP contribution is -2.27. The number of hydrogen-bond donors (Lipinski definition) is 0. The predicted molar refractivity (Wildman–Crippen MR) is 120 cm³/mol. The number of allylic oxidation sites excluding steroid dienone is 1. The van der Waals surface area contributed by atoms with Crippen LogP contribution in [0.15, 0.2) is 71.6 Å². The number of aryl methyl sites for hydroxylation is 1. The van der Waals surface area contributed by atoms with E-state index in [4.69, 9.17) is 12.2 Å². The second kappa shape index (κ2) is 7.29. The molecule has 1 amide bonds. The molecular weight excluding hydrogens is 370 g/mol. The molecule has 3 aromatic carbocycles. The number of hydrogen-bond acceptors (Lipinski definition) is 3. The van der Waals surface area contributed by atoms with Crippen molar-refractivity contribution in [2.24, 2.45) is 0 Å². The highest BCUT2D eigenvalue weighted by atomic mass is 32.2. The highest BCUT2D eigenvalue weighted by Crippen LogP contribution is 2.42. The molecule has 3 aromatic rings. The van der Waals surface area contributed by atoms with Crippen molar-refractivity contribution in [1.29, 1.82) is 0 Å². The number of carbonyl (C=O) groups is 1. The summed E-state index contributed by atoms with van der Waals surface area (Å²) >= 11 is 7.02. The van der Waals surface area contributed by atoms with Gasteiger partial charge in [-0.3, -0.25) is 9.69 Å². The average molecular weight is 390 g/mol. The van der Waals surface area contributed by atoms with Gasteiger partial charge in [0.05, 0.1) is 10.6 Å². The number of rotatable bonds is 3. The molecule has 0 aliphatic carbocycles. The van der Waals surface area contributed by atoms with Gasteiger partial charge in [-0.05, 0) is 35.9 Å². The first-order chi connectivity index (χ1) is 13.1. The highest BCUT2D eigenvalue weighted by Gasteiger charge is 2.36. The van der Waals surface area contributed by atoms with E-state index >= 15 is 0 Å². The van der Waals surface area contributed by atoms with Gasteiger partial charge in [0.1, 0.15) is 0 Å². The molecule has 0 bridgehead atoms. The van der Waals surface area contributed by atoms with E-state index in [-0.39, 0.29) is 5.91 Å². The van der Waals surface area contributed by atoms with Crippen LogP contribution in [-0.2, 0) is 4.79 Å². The third-order valence-electron chi connectivity index (χ3n) is 4.80. The summed E-state index contributed by atoms with van der Waals surface area (Å²) in [6.45, 7) is 4.15. The molecule has 0 atom stereocenters. The van der Waals surface area contributed by atoms with E-state index in [9.17, 15) is 4.79 Å². The van der Waals surface area contributed by atoms with Gasteiger partial charge in [0.2, 0.25) is 0 Å². The number of thiocarbonyl (C=S) groups is 1. The number of nitrogens with zero attached hydrogens (tertiary/aromatic N) is 1. The Kier molecular flexibility index (Phi) is 4.85. The summed E-state index contributed by atoms with van der Waals surface area (Å²) in [5.41, 5.74) is 4.19. The fourth-order valence-electron chi connectivity index (χ4n) is 3.41. The number of thioether (sulfide) groups is 1. The molecule has 1 fully saturated rings. The minimum absolute atomic E-state index is 0.0289. The van der Waals surface area contributed by atoms with Crippen LogP contribution in [0, 0.1) is 6.92 Å². The smallest absolute Gasteiger partial charge is 0.268 e. The van der Waals surface area contributed by atoms with Crippen molar-refractivity contribution in [3.05, 3.63) is 82.8 Å². The zero-order chi connectivity index (χ0) is 19.0. The SMILES string of the molecule is CC/C(=C1/SC(=S)N(c2cccc3ccccc23)C1=O)c1ccc(C)cc1. The molecule has 2 nitrogen and oxygen atoms in total. The van der Waals surface area contributed by atoms with Crippen LogP contribution >= 0.6 is 24.0 Å². The topological polar surface area (TPSA) is 20.3 Å². The Labute approximate surface area is 168 Å². The Morgan fingerprint density at radius 2 is 1.70 bits per heavy atom. The van der Waals surface area contributed by atoms with E-state index in [2.05, 4.69) is 50.2 Å². The summed E-state index contributed by atoms with van der Waals surface area (Å²) in [6, 6.07) is 22.4. The Morgan fingerprint density at radius 3 is 2.44 bits per heavy atom. The first-order valence-electron chi connectivity index (χ1n) is 8.94. The molecule has 4 heteroatoms. The second-order valence-electron chi connectivity index (χ2n) is 6.53. The first kappa shape index (κ1) is 18.0. The third-order valence-corrected chi connectivity index (χ3v) is 6.22. The van der Waals surface area contributed by atoms with Crippen molar-refractivity contribution in [3.63, 3.8) is 0 Å². The molecule has 0 aromatic heterocycles. The van der Waals surface area contributed by atoms with Crippen LogP contribution in [0.4, 0.5) is 5.69 Å². The van der Waals surface area contributed by atoms with Crippen molar-refractivity contribution in [3.8, 4) is 0 Å². The molecule has 0 spiro atoms. The van der Waals surface area contributed by atoms with Crippen LogP contribution in [0.3, 0.4) is 0 Å². The van der Waals surface area contributed by atoms with Crippen LogP contribution < -0.4 is 4.90 Å². The molecule has 1 heterocycles. The number of anilines is 1. The molecule has 1 saturated heterocycles. The second-order valence-corrected chi connectivity index (χ2v) is 8.18. The number of carbonyl (C=O) groups excluding carboxylic acids is 1. The quantitative estimate of drug-likeness (QED) is 0.385. The van der Waals surface area contributed by atoms with Gasteiger partial charge >= 0.3 is 0 Å². The number of amides is 1. The van der Waals surface area contributed by atoms with Crippen LogP contribution in [0.1, 0.15) is 24.5 Å². The summed E-state index contributed by atoms with van der Waals surface area (Å²) in [4.78, 5) is 15.8. The summed E-state index contributed by atoms with van der Waals surface area (Å²) < 4.78 is 0.587. The minimum Gasteiger partial charge on any atom is -0.268 e. The molecule has 27 heavy (non-hydrogen) atoms. The summed E-state index contributed by atoms with van der Waals surface area (Å²) in [7, 11) is 0. The van der Waals surface area contributed by atoms with Crippen molar-refractivity contribution in [2.75, 3.05) is 4.90 Å². The van der Waals surface area contributed by atoms with Crippen LogP contribution in [0.25, 0.3) is 16.3 Å². The maximum absolute atomic E-state index is 13.4. The number of fused-ring (bicyclic) bond motifs is 1. The Hall–Kier alpha value is -2.43. The highest BCUT2D eigenvalue weighted by molar-refractivity contribution is 8.27. The van der Waals surface area contributed by atoms with Gasteiger partial charge in [0, 0.05) is 5.39 Å². The average Bonchev–Trinajstić information content (AvgIpc) is 2.97. The van der Waals surface area contributed by atoms with Crippen LogP contribution in [-0.4, -0.2) is 10.2 Å².